The fourth-order valence-electron chi connectivity index (χ4n) is 5.44. The molecule has 4 rings (SSSR count). The summed E-state index contributed by atoms with van der Waals surface area (Å²) in [6, 6.07) is 9.22. The number of hydrogen-bond acceptors (Lipinski definition) is 5. The number of anilines is 1. The summed E-state index contributed by atoms with van der Waals surface area (Å²) in [4.78, 5) is 18.5. The maximum atomic E-state index is 12.6. The molecule has 2 aliphatic rings. The number of unbranched alkanes of at least 4 members (excludes halogenated alkanes) is 1. The lowest BCUT2D eigenvalue weighted by Gasteiger charge is -2.42. The first-order chi connectivity index (χ1) is 15.6. The molecule has 1 aliphatic heterocycles. The third kappa shape index (κ3) is 5.06. The van der Waals surface area contributed by atoms with Crippen LogP contribution in [0.5, 0.6) is 0 Å². The zero-order valence-corrected chi connectivity index (χ0v) is 22.0. The minimum absolute atomic E-state index is 0.163. The normalized spacial score (nSPS) is 20.0. The van der Waals surface area contributed by atoms with Crippen LogP contribution in [-0.2, 0) is 10.8 Å². The summed E-state index contributed by atoms with van der Waals surface area (Å²) < 4.78 is 0. The van der Waals surface area contributed by atoms with Crippen molar-refractivity contribution in [2.75, 3.05) is 44.2 Å². The first kappa shape index (κ1) is 24.4. The minimum atomic E-state index is 0.163. The van der Waals surface area contributed by atoms with E-state index in [0.717, 1.165) is 56.1 Å². The molecule has 1 aliphatic carbocycles. The topological polar surface area (TPSA) is 49.6 Å². The predicted octanol–water partition coefficient (Wildman–Crippen LogP) is 5.83. The number of carbonyl (C=O) groups excluding carboxylic acids is 1. The molecule has 0 atom stereocenters. The number of fused-ring (bicyclic) bond motifs is 1. The molecule has 1 saturated heterocycles. The van der Waals surface area contributed by atoms with Gasteiger partial charge in [0.05, 0.1) is 9.88 Å². The Kier molecular flexibility index (Phi) is 7.05. The van der Waals surface area contributed by atoms with E-state index in [1.54, 1.807) is 18.3 Å². The summed E-state index contributed by atoms with van der Waals surface area (Å²) in [6.45, 7) is 17.3. The van der Waals surface area contributed by atoms with Gasteiger partial charge in [0, 0.05) is 31.7 Å². The van der Waals surface area contributed by atoms with Crippen LogP contribution in [-0.4, -0.2) is 50.0 Å². The van der Waals surface area contributed by atoms with Crippen molar-refractivity contribution in [1.29, 1.82) is 0 Å². The predicted molar refractivity (Wildman–Crippen MR) is 142 cm³/mol. The molecule has 4 nitrogen and oxygen atoms in total. The molecule has 0 unspecified atom stereocenters. The summed E-state index contributed by atoms with van der Waals surface area (Å²) in [7, 11) is 0. The SMILES string of the molecule is CC(=O)c1sc(N2CCN(CCCCN)CC2)cc1-c1ccc2c(c1)C(C)(C)CCC2(C)C. The van der Waals surface area contributed by atoms with Crippen LogP contribution in [0.3, 0.4) is 0 Å². The highest BCUT2D eigenvalue weighted by atomic mass is 32.1. The molecule has 5 heteroatoms. The maximum Gasteiger partial charge on any atom is 0.170 e. The molecular formula is C28H41N3OS. The molecule has 1 aromatic heterocycles. The number of Topliss-reactive ketones (excluding diaryl/α,β-unsaturated/α-hetero) is 1. The molecule has 2 N–H and O–H groups in total. The van der Waals surface area contributed by atoms with Crippen molar-refractivity contribution < 1.29 is 4.79 Å². The summed E-state index contributed by atoms with van der Waals surface area (Å²) in [5, 5.41) is 1.23. The molecule has 180 valence electrons. The third-order valence-electron chi connectivity index (χ3n) is 7.82. The van der Waals surface area contributed by atoms with Gasteiger partial charge in [-0.05, 0) is 79.3 Å². The van der Waals surface area contributed by atoms with E-state index >= 15 is 0 Å². The second kappa shape index (κ2) is 9.52. The summed E-state index contributed by atoms with van der Waals surface area (Å²) in [6.07, 6.45) is 4.69. The van der Waals surface area contributed by atoms with Crippen LogP contribution in [0.15, 0.2) is 24.3 Å². The molecule has 0 radical (unpaired) electrons. The second-order valence-electron chi connectivity index (χ2n) is 11.2. The fourth-order valence-corrected chi connectivity index (χ4v) is 6.57. The van der Waals surface area contributed by atoms with Gasteiger partial charge in [-0.15, -0.1) is 11.3 Å². The Balaban J connectivity index is 1.60. The largest absolute Gasteiger partial charge is 0.361 e. The molecule has 0 bridgehead atoms. The zero-order chi connectivity index (χ0) is 23.8. The van der Waals surface area contributed by atoms with E-state index < -0.39 is 0 Å². The van der Waals surface area contributed by atoms with Gasteiger partial charge in [-0.3, -0.25) is 9.69 Å². The van der Waals surface area contributed by atoms with Crippen LogP contribution >= 0.6 is 11.3 Å². The number of ketones is 1. The molecule has 0 saturated carbocycles. The van der Waals surface area contributed by atoms with Gasteiger partial charge in [0.15, 0.2) is 5.78 Å². The molecular weight excluding hydrogens is 426 g/mol. The monoisotopic (exact) mass is 467 g/mol. The van der Waals surface area contributed by atoms with E-state index in [0.29, 0.717) is 0 Å². The Hall–Kier alpha value is -1.69. The third-order valence-corrected chi connectivity index (χ3v) is 9.11. The van der Waals surface area contributed by atoms with Crippen LogP contribution in [0.4, 0.5) is 5.00 Å². The fraction of sp³-hybridized carbons (Fsp3) is 0.607. The van der Waals surface area contributed by atoms with E-state index in [1.807, 2.05) is 0 Å². The Morgan fingerprint density at radius 2 is 1.64 bits per heavy atom. The van der Waals surface area contributed by atoms with Gasteiger partial charge in [0.2, 0.25) is 0 Å². The molecule has 1 fully saturated rings. The highest BCUT2D eigenvalue weighted by Gasteiger charge is 2.37. The van der Waals surface area contributed by atoms with E-state index in [-0.39, 0.29) is 16.6 Å². The van der Waals surface area contributed by atoms with Crippen molar-refractivity contribution in [2.45, 2.75) is 71.1 Å². The lowest BCUT2D eigenvalue weighted by atomic mass is 9.63. The standard InChI is InChI=1S/C28H41N3OS/c1-20(32)26-22(19-25(33-26)31-16-14-30(15-17-31)13-7-6-12-29)21-8-9-23-24(18-21)28(4,5)11-10-27(23,2)3/h8-9,18-19H,6-7,10-17,29H2,1-5H3. The van der Waals surface area contributed by atoms with Gasteiger partial charge >= 0.3 is 0 Å². The highest BCUT2D eigenvalue weighted by molar-refractivity contribution is 7.18. The van der Waals surface area contributed by atoms with E-state index in [1.165, 1.54) is 41.0 Å². The van der Waals surface area contributed by atoms with E-state index in [4.69, 9.17) is 5.73 Å². The van der Waals surface area contributed by atoms with Crippen LogP contribution in [0.2, 0.25) is 0 Å². The Morgan fingerprint density at radius 3 is 2.27 bits per heavy atom. The molecule has 33 heavy (non-hydrogen) atoms. The van der Waals surface area contributed by atoms with Crippen molar-refractivity contribution in [1.82, 2.24) is 4.90 Å². The van der Waals surface area contributed by atoms with Gasteiger partial charge in [-0.25, -0.2) is 0 Å². The first-order valence-electron chi connectivity index (χ1n) is 12.6. The van der Waals surface area contributed by atoms with Crippen LogP contribution < -0.4 is 10.6 Å². The highest BCUT2D eigenvalue weighted by Crippen LogP contribution is 2.47. The molecule has 2 heterocycles. The van der Waals surface area contributed by atoms with Gasteiger partial charge in [-0.1, -0.05) is 45.9 Å². The molecule has 1 aromatic carbocycles. The summed E-state index contributed by atoms with van der Waals surface area (Å²) in [5.41, 5.74) is 11.2. The van der Waals surface area contributed by atoms with Crippen LogP contribution in [0.25, 0.3) is 11.1 Å². The maximum absolute atomic E-state index is 12.6. The number of piperazine rings is 1. The second-order valence-corrected chi connectivity index (χ2v) is 12.3. The molecule has 0 spiro atoms. The van der Waals surface area contributed by atoms with Crippen LogP contribution in [0.1, 0.15) is 81.1 Å². The molecule has 0 amide bonds. The van der Waals surface area contributed by atoms with Crippen molar-refractivity contribution in [2.24, 2.45) is 5.73 Å². The van der Waals surface area contributed by atoms with Crippen molar-refractivity contribution >= 4 is 22.1 Å². The number of thiophene rings is 1. The minimum Gasteiger partial charge on any atom is -0.361 e. The first-order valence-corrected chi connectivity index (χ1v) is 13.4. The van der Waals surface area contributed by atoms with Gasteiger partial charge in [-0.2, -0.15) is 0 Å². The number of rotatable bonds is 7. The van der Waals surface area contributed by atoms with Crippen molar-refractivity contribution in [3.8, 4) is 11.1 Å². The van der Waals surface area contributed by atoms with Gasteiger partial charge in [0.1, 0.15) is 0 Å². The average molecular weight is 468 g/mol. The number of hydrogen-bond donors (Lipinski definition) is 1. The summed E-state index contributed by atoms with van der Waals surface area (Å²) in [5.74, 6) is 0.166. The van der Waals surface area contributed by atoms with E-state index in [9.17, 15) is 4.79 Å². The number of benzene rings is 1. The lowest BCUT2D eigenvalue weighted by molar-refractivity contribution is 0.102. The Bertz CT molecular complexity index is 999. The van der Waals surface area contributed by atoms with E-state index in [2.05, 4.69) is 61.8 Å². The number of nitrogens with zero attached hydrogens (tertiary/aromatic N) is 2. The van der Waals surface area contributed by atoms with Crippen molar-refractivity contribution in [3.63, 3.8) is 0 Å². The van der Waals surface area contributed by atoms with Crippen molar-refractivity contribution in [3.05, 3.63) is 40.3 Å². The molecule has 2 aromatic rings. The summed E-state index contributed by atoms with van der Waals surface area (Å²) >= 11 is 1.67. The Morgan fingerprint density at radius 1 is 0.970 bits per heavy atom. The van der Waals surface area contributed by atoms with Crippen LogP contribution in [0, 0.1) is 0 Å². The zero-order valence-electron chi connectivity index (χ0n) is 21.2. The number of nitrogens with two attached hydrogens (primary N) is 1. The Labute approximate surface area is 204 Å². The number of carbonyl (C=O) groups is 1. The lowest BCUT2D eigenvalue weighted by Crippen LogP contribution is -2.46. The quantitative estimate of drug-likeness (QED) is 0.411. The van der Waals surface area contributed by atoms with Gasteiger partial charge in [0.25, 0.3) is 0 Å². The van der Waals surface area contributed by atoms with Gasteiger partial charge < -0.3 is 10.6 Å². The smallest absolute Gasteiger partial charge is 0.170 e. The average Bonchev–Trinajstić information content (AvgIpc) is 3.23.